The fraction of sp³-hybridized carbons (Fsp3) is 0.529. The molecule has 1 aliphatic carbocycles. The van der Waals surface area contributed by atoms with Crippen LogP contribution in [0, 0.1) is 5.92 Å². The van der Waals surface area contributed by atoms with Gasteiger partial charge in [0.15, 0.2) is 5.13 Å². The molecule has 5 nitrogen and oxygen atoms in total. The summed E-state index contributed by atoms with van der Waals surface area (Å²) in [4.78, 5) is 19.1. The van der Waals surface area contributed by atoms with Crippen molar-refractivity contribution >= 4 is 32.6 Å². The Kier molecular flexibility index (Phi) is 3.85. The van der Waals surface area contributed by atoms with Crippen LogP contribution in [0.15, 0.2) is 18.2 Å². The zero-order chi connectivity index (χ0) is 15.8. The first kappa shape index (κ1) is 14.8. The molecular weight excluding hydrogens is 310 g/mol. The molecule has 2 fully saturated rings. The molecule has 1 saturated heterocycles. The Morgan fingerprint density at radius 2 is 2.26 bits per heavy atom. The van der Waals surface area contributed by atoms with Crippen molar-refractivity contribution in [2.45, 2.75) is 31.7 Å². The van der Waals surface area contributed by atoms with Gasteiger partial charge in [-0.05, 0) is 37.8 Å². The minimum atomic E-state index is 0.239. The SMILES string of the molecule is COc1cccc2sc(N3CCCC(NC(=O)C4CC4)C3)nc12. The van der Waals surface area contributed by atoms with Crippen LogP contribution in [0.5, 0.6) is 5.75 Å². The van der Waals surface area contributed by atoms with Crippen molar-refractivity contribution in [2.75, 3.05) is 25.1 Å². The molecule has 1 N–H and O–H groups in total. The highest BCUT2D eigenvalue weighted by molar-refractivity contribution is 7.22. The molecule has 23 heavy (non-hydrogen) atoms. The zero-order valence-corrected chi connectivity index (χ0v) is 14.1. The fourth-order valence-corrected chi connectivity index (χ4v) is 4.16. The number of carbonyl (C=O) groups excluding carboxylic acids is 1. The van der Waals surface area contributed by atoms with Crippen LogP contribution >= 0.6 is 11.3 Å². The van der Waals surface area contributed by atoms with Crippen LogP contribution in [-0.4, -0.2) is 37.1 Å². The van der Waals surface area contributed by atoms with Gasteiger partial charge in [-0.25, -0.2) is 4.98 Å². The standard InChI is InChI=1S/C17H21N3O2S/c1-22-13-5-2-6-14-15(13)19-17(23-14)20-9-3-4-12(10-20)18-16(21)11-7-8-11/h2,5-6,11-12H,3-4,7-10H2,1H3,(H,18,21). The molecule has 1 aromatic heterocycles. The molecule has 0 bridgehead atoms. The van der Waals surface area contributed by atoms with E-state index in [1.54, 1.807) is 18.4 Å². The average molecular weight is 331 g/mol. The fourth-order valence-electron chi connectivity index (χ4n) is 3.14. The third-order valence-corrected chi connectivity index (χ3v) is 5.66. The molecule has 0 spiro atoms. The van der Waals surface area contributed by atoms with E-state index in [1.807, 2.05) is 12.1 Å². The van der Waals surface area contributed by atoms with Gasteiger partial charge < -0.3 is 15.0 Å². The van der Waals surface area contributed by atoms with Crippen LogP contribution in [0.2, 0.25) is 0 Å². The highest BCUT2D eigenvalue weighted by Gasteiger charge is 2.32. The number of thiazole rings is 1. The molecule has 1 aliphatic heterocycles. The molecule has 1 unspecified atom stereocenters. The number of piperidine rings is 1. The van der Waals surface area contributed by atoms with Crippen LogP contribution in [0.4, 0.5) is 5.13 Å². The molecule has 2 aliphatic rings. The number of methoxy groups -OCH3 is 1. The second-order valence-corrected chi connectivity index (χ2v) is 7.38. The van der Waals surface area contributed by atoms with E-state index in [4.69, 9.17) is 9.72 Å². The van der Waals surface area contributed by atoms with Crippen LogP contribution in [0.25, 0.3) is 10.2 Å². The molecule has 2 aromatic rings. The molecule has 6 heteroatoms. The van der Waals surface area contributed by atoms with Gasteiger partial charge in [0.05, 0.1) is 11.8 Å². The van der Waals surface area contributed by atoms with E-state index < -0.39 is 0 Å². The van der Waals surface area contributed by atoms with Gasteiger partial charge in [-0.1, -0.05) is 17.4 Å². The molecule has 4 rings (SSSR count). The predicted octanol–water partition coefficient (Wildman–Crippen LogP) is 2.80. The number of benzene rings is 1. The maximum absolute atomic E-state index is 12.0. The Morgan fingerprint density at radius 3 is 3.04 bits per heavy atom. The molecule has 2 heterocycles. The lowest BCUT2D eigenvalue weighted by atomic mass is 10.1. The highest BCUT2D eigenvalue weighted by atomic mass is 32.1. The second-order valence-electron chi connectivity index (χ2n) is 6.37. The number of para-hydroxylation sites is 1. The van der Waals surface area contributed by atoms with Crippen LogP contribution in [-0.2, 0) is 4.79 Å². The first-order valence-electron chi connectivity index (χ1n) is 8.23. The number of rotatable bonds is 4. The first-order chi connectivity index (χ1) is 11.2. The minimum Gasteiger partial charge on any atom is -0.494 e. The average Bonchev–Trinajstić information content (AvgIpc) is 3.33. The number of amides is 1. The van der Waals surface area contributed by atoms with Gasteiger partial charge in [-0.2, -0.15) is 0 Å². The molecular formula is C17H21N3O2S. The Bertz CT molecular complexity index is 726. The monoisotopic (exact) mass is 331 g/mol. The van der Waals surface area contributed by atoms with E-state index in [2.05, 4.69) is 16.3 Å². The van der Waals surface area contributed by atoms with Crippen molar-refractivity contribution in [3.8, 4) is 5.75 Å². The lowest BCUT2D eigenvalue weighted by Crippen LogP contribution is -2.48. The largest absolute Gasteiger partial charge is 0.494 e. The Morgan fingerprint density at radius 1 is 1.39 bits per heavy atom. The normalized spacial score (nSPS) is 21.4. The maximum atomic E-state index is 12.0. The summed E-state index contributed by atoms with van der Waals surface area (Å²) in [7, 11) is 1.68. The summed E-state index contributed by atoms with van der Waals surface area (Å²) in [6.45, 7) is 1.85. The minimum absolute atomic E-state index is 0.239. The van der Waals surface area contributed by atoms with E-state index in [-0.39, 0.29) is 17.9 Å². The number of nitrogens with zero attached hydrogens (tertiary/aromatic N) is 2. The molecule has 1 atom stereocenters. The number of ether oxygens (including phenoxy) is 1. The topological polar surface area (TPSA) is 54.5 Å². The summed E-state index contributed by atoms with van der Waals surface area (Å²) in [5.41, 5.74) is 0.930. The Balaban J connectivity index is 1.51. The van der Waals surface area contributed by atoms with Gasteiger partial charge >= 0.3 is 0 Å². The number of hydrogen-bond acceptors (Lipinski definition) is 5. The maximum Gasteiger partial charge on any atom is 0.223 e. The van der Waals surface area contributed by atoms with E-state index in [1.165, 1.54) is 0 Å². The van der Waals surface area contributed by atoms with Gasteiger partial charge in [0, 0.05) is 25.0 Å². The third kappa shape index (κ3) is 3.00. The number of hydrogen-bond donors (Lipinski definition) is 1. The van der Waals surface area contributed by atoms with E-state index >= 15 is 0 Å². The number of carbonyl (C=O) groups is 1. The summed E-state index contributed by atoms with van der Waals surface area (Å²) in [5, 5.41) is 4.23. The summed E-state index contributed by atoms with van der Waals surface area (Å²) >= 11 is 1.70. The van der Waals surface area contributed by atoms with Crippen molar-refractivity contribution in [1.82, 2.24) is 10.3 Å². The van der Waals surface area contributed by atoms with Crippen molar-refractivity contribution in [3.63, 3.8) is 0 Å². The van der Waals surface area contributed by atoms with Crippen LogP contribution in [0.1, 0.15) is 25.7 Å². The third-order valence-electron chi connectivity index (χ3n) is 4.58. The number of aromatic nitrogens is 1. The number of anilines is 1. The lowest BCUT2D eigenvalue weighted by Gasteiger charge is -2.33. The van der Waals surface area contributed by atoms with E-state index in [0.29, 0.717) is 0 Å². The second kappa shape index (κ2) is 6.00. The number of nitrogens with one attached hydrogen (secondary N) is 1. The van der Waals surface area contributed by atoms with Gasteiger partial charge in [-0.15, -0.1) is 0 Å². The van der Waals surface area contributed by atoms with E-state index in [9.17, 15) is 4.79 Å². The highest BCUT2D eigenvalue weighted by Crippen LogP contribution is 2.35. The molecule has 1 amide bonds. The molecule has 0 radical (unpaired) electrons. The first-order valence-corrected chi connectivity index (χ1v) is 9.05. The van der Waals surface area contributed by atoms with Gasteiger partial charge in [0.1, 0.15) is 11.3 Å². The lowest BCUT2D eigenvalue weighted by molar-refractivity contribution is -0.123. The summed E-state index contributed by atoms with van der Waals surface area (Å²) in [6.07, 6.45) is 4.26. The summed E-state index contributed by atoms with van der Waals surface area (Å²) in [5.74, 6) is 1.33. The zero-order valence-electron chi connectivity index (χ0n) is 13.2. The van der Waals surface area contributed by atoms with Crippen LogP contribution < -0.4 is 15.0 Å². The molecule has 122 valence electrons. The molecule has 1 aromatic carbocycles. The van der Waals surface area contributed by atoms with Crippen LogP contribution in [0.3, 0.4) is 0 Å². The smallest absolute Gasteiger partial charge is 0.223 e. The van der Waals surface area contributed by atoms with Crippen molar-refractivity contribution in [1.29, 1.82) is 0 Å². The Hall–Kier alpha value is -1.82. The quantitative estimate of drug-likeness (QED) is 0.936. The molecule has 1 saturated carbocycles. The summed E-state index contributed by atoms with van der Waals surface area (Å²) in [6, 6.07) is 6.26. The van der Waals surface area contributed by atoms with Crippen molar-refractivity contribution < 1.29 is 9.53 Å². The number of fused-ring (bicyclic) bond motifs is 1. The summed E-state index contributed by atoms with van der Waals surface area (Å²) < 4.78 is 6.55. The van der Waals surface area contributed by atoms with E-state index in [0.717, 1.165) is 59.9 Å². The Labute approximate surface area is 139 Å². The van der Waals surface area contributed by atoms with Gasteiger partial charge in [0.25, 0.3) is 0 Å². The van der Waals surface area contributed by atoms with Crippen molar-refractivity contribution in [2.24, 2.45) is 5.92 Å². The predicted molar refractivity (Wildman–Crippen MR) is 92.3 cm³/mol. The van der Waals surface area contributed by atoms with Crippen molar-refractivity contribution in [3.05, 3.63) is 18.2 Å². The van der Waals surface area contributed by atoms with Gasteiger partial charge in [0.2, 0.25) is 5.91 Å². The van der Waals surface area contributed by atoms with Gasteiger partial charge in [-0.3, -0.25) is 4.79 Å².